The molecule has 4 aromatic rings. The molecular formula is C21H16N2OS3. The van der Waals surface area contributed by atoms with E-state index in [9.17, 15) is 4.79 Å². The molecule has 0 bridgehead atoms. The maximum absolute atomic E-state index is 13.4. The second-order valence-electron chi connectivity index (χ2n) is 6.38. The summed E-state index contributed by atoms with van der Waals surface area (Å²) >= 11 is 4.97. The summed E-state index contributed by atoms with van der Waals surface area (Å²) in [6.45, 7) is 0.720. The minimum absolute atomic E-state index is 0.0137. The maximum atomic E-state index is 13.4. The highest BCUT2D eigenvalue weighted by Gasteiger charge is 2.34. The SMILES string of the molecule is O=C(c1csc(-c2cccs2)n1)N1CCc2sccc2[C@H]1c1ccccc1. The Hall–Kier alpha value is -2.28. The lowest BCUT2D eigenvalue weighted by atomic mass is 9.93. The van der Waals surface area contributed by atoms with Crippen molar-refractivity contribution < 1.29 is 4.79 Å². The fourth-order valence-electron chi connectivity index (χ4n) is 3.56. The van der Waals surface area contributed by atoms with Crippen LogP contribution >= 0.6 is 34.0 Å². The van der Waals surface area contributed by atoms with Gasteiger partial charge >= 0.3 is 0 Å². The summed E-state index contributed by atoms with van der Waals surface area (Å²) in [5, 5.41) is 6.97. The van der Waals surface area contributed by atoms with E-state index in [2.05, 4.69) is 28.6 Å². The smallest absolute Gasteiger partial charge is 0.274 e. The van der Waals surface area contributed by atoms with Crippen LogP contribution in [0.4, 0.5) is 0 Å². The zero-order valence-corrected chi connectivity index (χ0v) is 16.8. The highest BCUT2D eigenvalue weighted by molar-refractivity contribution is 7.20. The maximum Gasteiger partial charge on any atom is 0.274 e. The lowest BCUT2D eigenvalue weighted by Gasteiger charge is -2.36. The van der Waals surface area contributed by atoms with Crippen LogP contribution in [0.2, 0.25) is 0 Å². The highest BCUT2D eigenvalue weighted by atomic mass is 32.1. The van der Waals surface area contributed by atoms with Crippen molar-refractivity contribution in [1.82, 2.24) is 9.88 Å². The van der Waals surface area contributed by atoms with Gasteiger partial charge in [-0.15, -0.1) is 34.0 Å². The normalized spacial score (nSPS) is 16.3. The number of thiazole rings is 1. The van der Waals surface area contributed by atoms with Crippen LogP contribution in [0.3, 0.4) is 0 Å². The zero-order valence-electron chi connectivity index (χ0n) is 14.4. The van der Waals surface area contributed by atoms with Gasteiger partial charge in [0.15, 0.2) is 0 Å². The largest absolute Gasteiger partial charge is 0.326 e. The van der Waals surface area contributed by atoms with E-state index >= 15 is 0 Å². The highest BCUT2D eigenvalue weighted by Crippen LogP contribution is 2.39. The molecule has 0 fully saturated rings. The standard InChI is InChI=1S/C21H16N2OS3/c24-21(16-13-27-20(22-16)18-7-4-11-25-18)23-10-8-17-15(9-12-26-17)19(23)14-5-2-1-3-6-14/h1-7,9,11-13,19H,8,10H2/t19-/m1/s1. The molecule has 4 heterocycles. The Labute approximate surface area is 169 Å². The molecule has 0 N–H and O–H groups in total. The summed E-state index contributed by atoms with van der Waals surface area (Å²) in [6.07, 6.45) is 0.907. The van der Waals surface area contributed by atoms with Crippen molar-refractivity contribution in [3.05, 3.63) is 86.4 Å². The van der Waals surface area contributed by atoms with E-state index in [1.165, 1.54) is 21.8 Å². The number of thiophene rings is 2. The molecule has 6 heteroatoms. The molecule has 0 saturated carbocycles. The third kappa shape index (κ3) is 3.04. The molecule has 0 unspecified atom stereocenters. The number of amides is 1. The summed E-state index contributed by atoms with van der Waals surface area (Å²) in [6, 6.07) is 16.5. The Balaban J connectivity index is 1.52. The van der Waals surface area contributed by atoms with Crippen molar-refractivity contribution in [3.8, 4) is 9.88 Å². The number of nitrogens with zero attached hydrogens (tertiary/aromatic N) is 2. The number of rotatable bonds is 3. The third-order valence-corrected chi connectivity index (χ3v) is 7.68. The van der Waals surface area contributed by atoms with Crippen LogP contribution in [0.15, 0.2) is 64.7 Å². The number of hydrogen-bond acceptors (Lipinski definition) is 5. The summed E-state index contributed by atoms with van der Waals surface area (Å²) in [5.41, 5.74) is 2.95. The molecule has 1 amide bonds. The Bertz CT molecular complexity index is 1070. The summed E-state index contributed by atoms with van der Waals surface area (Å²) in [4.78, 5) is 22.5. The topological polar surface area (TPSA) is 33.2 Å². The van der Waals surface area contributed by atoms with Crippen molar-refractivity contribution in [3.63, 3.8) is 0 Å². The molecule has 5 rings (SSSR count). The first kappa shape index (κ1) is 16.9. The van der Waals surface area contributed by atoms with E-state index in [1.54, 1.807) is 22.7 Å². The van der Waals surface area contributed by atoms with Crippen LogP contribution in [0, 0.1) is 0 Å². The number of carbonyl (C=O) groups is 1. The van der Waals surface area contributed by atoms with Gasteiger partial charge < -0.3 is 4.90 Å². The van der Waals surface area contributed by atoms with E-state index in [4.69, 9.17) is 0 Å². The molecule has 0 saturated heterocycles. The van der Waals surface area contributed by atoms with E-state index in [-0.39, 0.29) is 11.9 Å². The molecule has 3 aromatic heterocycles. The monoisotopic (exact) mass is 408 g/mol. The lowest BCUT2D eigenvalue weighted by Crippen LogP contribution is -2.40. The van der Waals surface area contributed by atoms with Crippen molar-refractivity contribution in [2.24, 2.45) is 0 Å². The Morgan fingerprint density at radius 2 is 1.89 bits per heavy atom. The van der Waals surface area contributed by atoms with Crippen LogP contribution in [0.1, 0.15) is 32.5 Å². The molecular weight excluding hydrogens is 392 g/mol. The first-order valence-corrected chi connectivity index (χ1v) is 11.4. The van der Waals surface area contributed by atoms with Crippen LogP contribution in [-0.4, -0.2) is 22.3 Å². The second kappa shape index (κ2) is 7.03. The number of benzene rings is 1. The van der Waals surface area contributed by atoms with Gasteiger partial charge in [0.05, 0.1) is 10.9 Å². The summed E-state index contributed by atoms with van der Waals surface area (Å²) < 4.78 is 0. The van der Waals surface area contributed by atoms with Gasteiger partial charge in [0, 0.05) is 16.8 Å². The first-order valence-electron chi connectivity index (χ1n) is 8.73. The quantitative estimate of drug-likeness (QED) is 0.434. The zero-order chi connectivity index (χ0) is 18.2. The van der Waals surface area contributed by atoms with Crippen LogP contribution in [0.25, 0.3) is 9.88 Å². The minimum Gasteiger partial charge on any atom is -0.326 e. The van der Waals surface area contributed by atoms with Crippen molar-refractivity contribution in [2.45, 2.75) is 12.5 Å². The number of aromatic nitrogens is 1. The van der Waals surface area contributed by atoms with E-state index in [0.29, 0.717) is 5.69 Å². The van der Waals surface area contributed by atoms with Crippen LogP contribution < -0.4 is 0 Å². The molecule has 27 heavy (non-hydrogen) atoms. The predicted octanol–water partition coefficient (Wildman–Crippen LogP) is 5.72. The number of fused-ring (bicyclic) bond motifs is 1. The van der Waals surface area contributed by atoms with E-state index in [0.717, 1.165) is 28.4 Å². The molecule has 0 radical (unpaired) electrons. The van der Waals surface area contributed by atoms with E-state index < -0.39 is 0 Å². The molecule has 0 aliphatic carbocycles. The van der Waals surface area contributed by atoms with Gasteiger partial charge in [-0.3, -0.25) is 4.79 Å². The molecule has 0 spiro atoms. The number of hydrogen-bond donors (Lipinski definition) is 0. The molecule has 134 valence electrons. The lowest BCUT2D eigenvalue weighted by molar-refractivity contribution is 0.0691. The van der Waals surface area contributed by atoms with Gasteiger partial charge in [-0.25, -0.2) is 4.98 Å². The molecule has 3 nitrogen and oxygen atoms in total. The number of carbonyl (C=O) groups excluding carboxylic acids is 1. The van der Waals surface area contributed by atoms with Gasteiger partial charge in [0.1, 0.15) is 10.7 Å². The van der Waals surface area contributed by atoms with Gasteiger partial charge in [-0.05, 0) is 40.4 Å². The average Bonchev–Trinajstić information content (AvgIpc) is 3.48. The third-order valence-electron chi connectivity index (χ3n) is 4.80. The van der Waals surface area contributed by atoms with Crippen LogP contribution in [0.5, 0.6) is 0 Å². The van der Waals surface area contributed by atoms with Crippen molar-refractivity contribution in [1.29, 1.82) is 0 Å². The van der Waals surface area contributed by atoms with Gasteiger partial charge in [-0.1, -0.05) is 36.4 Å². The Morgan fingerprint density at radius 1 is 1.00 bits per heavy atom. The van der Waals surface area contributed by atoms with Crippen molar-refractivity contribution >= 4 is 39.9 Å². The fourth-order valence-corrected chi connectivity index (χ4v) is 6.07. The Kier molecular flexibility index (Phi) is 4.39. The first-order chi connectivity index (χ1) is 13.3. The van der Waals surface area contributed by atoms with E-state index in [1.807, 2.05) is 46.0 Å². The van der Waals surface area contributed by atoms with Gasteiger partial charge in [-0.2, -0.15) is 0 Å². The van der Waals surface area contributed by atoms with Crippen LogP contribution in [-0.2, 0) is 6.42 Å². The molecule has 1 aromatic carbocycles. The fraction of sp³-hybridized carbons (Fsp3) is 0.143. The summed E-state index contributed by atoms with van der Waals surface area (Å²) in [7, 11) is 0. The van der Waals surface area contributed by atoms with Gasteiger partial charge in [0.2, 0.25) is 0 Å². The molecule has 1 atom stereocenters. The minimum atomic E-state index is -0.0411. The Morgan fingerprint density at radius 3 is 2.70 bits per heavy atom. The van der Waals surface area contributed by atoms with Gasteiger partial charge in [0.25, 0.3) is 5.91 Å². The molecule has 1 aliphatic heterocycles. The second-order valence-corrected chi connectivity index (χ2v) is 9.18. The summed E-state index contributed by atoms with van der Waals surface area (Å²) in [5.74, 6) is 0.0137. The average molecular weight is 409 g/mol. The predicted molar refractivity (Wildman–Crippen MR) is 113 cm³/mol. The van der Waals surface area contributed by atoms with Crippen molar-refractivity contribution in [2.75, 3.05) is 6.54 Å². The molecule has 1 aliphatic rings.